The Morgan fingerprint density at radius 2 is 1.89 bits per heavy atom. The summed E-state index contributed by atoms with van der Waals surface area (Å²) >= 11 is 0. The number of piperazine rings is 1. The molecular weight excluding hydrogens is 486 g/mol. The Bertz CT molecular complexity index is 1240. The van der Waals surface area contributed by atoms with E-state index in [1.807, 2.05) is 0 Å². The molecule has 2 aliphatic heterocycles. The molecule has 1 atom stereocenters. The van der Waals surface area contributed by atoms with Crippen LogP contribution in [0.3, 0.4) is 0 Å². The summed E-state index contributed by atoms with van der Waals surface area (Å²) in [5.41, 5.74) is 6.09. The van der Waals surface area contributed by atoms with Crippen molar-refractivity contribution in [1.29, 1.82) is 0 Å². The summed E-state index contributed by atoms with van der Waals surface area (Å²) in [6.07, 6.45) is 2.76. The van der Waals surface area contributed by atoms with Gasteiger partial charge in [0.1, 0.15) is 6.04 Å². The minimum atomic E-state index is -4.14. The predicted octanol–water partition coefficient (Wildman–Crippen LogP) is 1.76. The van der Waals surface area contributed by atoms with Crippen LogP contribution in [0.5, 0.6) is 0 Å². The number of hydrogen-bond donors (Lipinski definition) is 1. The van der Waals surface area contributed by atoms with Gasteiger partial charge in [-0.2, -0.15) is 28.2 Å². The minimum absolute atomic E-state index is 0.0423. The molecule has 0 bridgehead atoms. The highest BCUT2D eigenvalue weighted by Gasteiger charge is 2.53. The van der Waals surface area contributed by atoms with E-state index in [1.165, 1.54) is 15.7 Å². The van der Waals surface area contributed by atoms with Gasteiger partial charge in [0.2, 0.25) is 23.6 Å². The zero-order valence-corrected chi connectivity index (χ0v) is 19.4. The van der Waals surface area contributed by atoms with Gasteiger partial charge >= 0.3 is 11.8 Å². The van der Waals surface area contributed by atoms with Crippen molar-refractivity contribution < 1.29 is 26.8 Å². The maximum absolute atomic E-state index is 13.8. The van der Waals surface area contributed by atoms with Crippen molar-refractivity contribution >= 4 is 23.6 Å². The summed E-state index contributed by atoms with van der Waals surface area (Å²) in [5, 5.41) is 4.26. The maximum Gasteiger partial charge on any atom is 0.322 e. The van der Waals surface area contributed by atoms with Crippen molar-refractivity contribution in [3.63, 3.8) is 0 Å². The van der Waals surface area contributed by atoms with Gasteiger partial charge in [-0.3, -0.25) is 9.69 Å². The van der Waals surface area contributed by atoms with Gasteiger partial charge in [0.05, 0.1) is 12.8 Å². The van der Waals surface area contributed by atoms with E-state index in [4.69, 9.17) is 10.2 Å². The lowest BCUT2D eigenvalue weighted by Crippen LogP contribution is -2.57. The molecule has 0 saturated carbocycles. The van der Waals surface area contributed by atoms with Gasteiger partial charge in [-0.25, -0.2) is 8.78 Å². The molecule has 0 unspecified atom stereocenters. The van der Waals surface area contributed by atoms with Gasteiger partial charge in [0.15, 0.2) is 5.76 Å². The molecule has 0 spiro atoms. The first-order chi connectivity index (χ1) is 17.0. The highest BCUT2D eigenvalue weighted by Crippen LogP contribution is 2.34. The molecular formula is C21H25F4N9O2. The molecule has 0 radical (unpaired) electrons. The molecule has 5 heterocycles. The van der Waals surface area contributed by atoms with Gasteiger partial charge < -0.3 is 20.0 Å². The fourth-order valence-corrected chi connectivity index (χ4v) is 4.45. The molecule has 5 rings (SSSR count). The molecule has 11 nitrogen and oxygen atoms in total. The second-order valence-electron chi connectivity index (χ2n) is 9.05. The first-order valence-corrected chi connectivity index (χ1v) is 11.5. The van der Waals surface area contributed by atoms with Crippen molar-refractivity contribution in [3.8, 4) is 11.6 Å². The molecule has 3 aromatic rings. The molecule has 2 saturated heterocycles. The molecule has 1 amide bonds. The number of halogens is 4. The van der Waals surface area contributed by atoms with Gasteiger partial charge in [-0.05, 0) is 25.0 Å². The smallest absolute Gasteiger partial charge is 0.322 e. The van der Waals surface area contributed by atoms with Crippen molar-refractivity contribution in [2.45, 2.75) is 37.7 Å². The van der Waals surface area contributed by atoms with Crippen molar-refractivity contribution in [3.05, 3.63) is 18.4 Å². The zero-order valence-electron chi connectivity index (χ0n) is 19.4. The molecule has 0 aromatic carbocycles. The number of nitrogens with zero attached hydrogens (tertiary/aromatic N) is 8. The van der Waals surface area contributed by atoms with Crippen LogP contribution in [-0.2, 0) is 4.79 Å². The van der Waals surface area contributed by atoms with Crippen molar-refractivity contribution in [2.75, 3.05) is 49.9 Å². The number of aromatic nitrogens is 5. The Hall–Kier alpha value is -3.49. The van der Waals surface area contributed by atoms with E-state index in [0.29, 0.717) is 25.1 Å². The van der Waals surface area contributed by atoms with Gasteiger partial charge in [0, 0.05) is 39.6 Å². The number of carbonyl (C=O) groups excluding carboxylic acids is 1. The molecule has 2 N–H and O–H groups in total. The Morgan fingerprint density at radius 1 is 1.14 bits per heavy atom. The number of nitrogen functional groups attached to an aromatic ring is 1. The molecule has 2 fully saturated rings. The SMILES string of the molecule is CC(F)(F)C(F)(F)CN1CCN(C(=O)[C@@H]2CCCN2c2nc(N)n3nc(-c4ccco4)nc3n2)CC1. The first kappa shape index (κ1) is 24.2. The lowest BCUT2D eigenvalue weighted by molar-refractivity contribution is -0.207. The molecule has 0 aliphatic carbocycles. The maximum atomic E-state index is 13.8. The molecule has 3 aromatic heterocycles. The fourth-order valence-electron chi connectivity index (χ4n) is 4.45. The average Bonchev–Trinajstić information content (AvgIpc) is 3.58. The van der Waals surface area contributed by atoms with Crippen LogP contribution in [0.15, 0.2) is 22.8 Å². The summed E-state index contributed by atoms with van der Waals surface area (Å²) in [6, 6.07) is 2.84. The topological polar surface area (TPSA) is 122 Å². The van der Waals surface area contributed by atoms with Gasteiger partial charge in [0.25, 0.3) is 5.78 Å². The largest absolute Gasteiger partial charge is 0.461 e. The third-order valence-electron chi connectivity index (χ3n) is 6.51. The average molecular weight is 511 g/mol. The number of alkyl halides is 4. The van der Waals surface area contributed by atoms with E-state index in [-0.39, 0.29) is 62.5 Å². The summed E-state index contributed by atoms with van der Waals surface area (Å²) in [4.78, 5) is 31.0. The number of anilines is 2. The molecule has 2 aliphatic rings. The number of nitrogens with two attached hydrogens (primary N) is 1. The van der Waals surface area contributed by atoms with Crippen LogP contribution in [0.25, 0.3) is 17.4 Å². The van der Waals surface area contributed by atoms with E-state index in [2.05, 4.69) is 20.1 Å². The summed E-state index contributed by atoms with van der Waals surface area (Å²) in [7, 11) is 0. The van der Waals surface area contributed by atoms with Gasteiger partial charge in [-0.15, -0.1) is 5.10 Å². The van der Waals surface area contributed by atoms with Crippen molar-refractivity contribution in [1.82, 2.24) is 34.4 Å². The monoisotopic (exact) mass is 511 g/mol. The highest BCUT2D eigenvalue weighted by atomic mass is 19.3. The molecule has 15 heteroatoms. The Kier molecular flexibility index (Phi) is 5.97. The number of rotatable bonds is 6. The fraction of sp³-hybridized carbons (Fsp3) is 0.571. The third kappa shape index (κ3) is 4.42. The second kappa shape index (κ2) is 8.87. The first-order valence-electron chi connectivity index (χ1n) is 11.5. The second-order valence-corrected chi connectivity index (χ2v) is 9.05. The molecule has 194 valence electrons. The Labute approximate surface area is 202 Å². The van der Waals surface area contributed by atoms with E-state index >= 15 is 0 Å². The van der Waals surface area contributed by atoms with Crippen LogP contribution < -0.4 is 10.6 Å². The minimum Gasteiger partial charge on any atom is -0.461 e. The number of hydrogen-bond acceptors (Lipinski definition) is 9. The standard InChI is InChI=1S/C21H25F4N9O2/c1-20(22,23)21(24,25)12-31-7-9-32(10-8-31)16(35)13-4-2-6-33(13)18-28-17(26)34-19(29-18)27-15(30-34)14-5-3-11-36-14/h3,5,11,13H,2,4,6-10,12H2,1H3,(H2,26,27,28,29,30)/t13-/m0/s1. The Morgan fingerprint density at radius 3 is 2.56 bits per heavy atom. The summed E-state index contributed by atoms with van der Waals surface area (Å²) in [6.45, 7) is 0.150. The van der Waals surface area contributed by atoms with Crippen LogP contribution in [-0.4, -0.2) is 97.4 Å². The van der Waals surface area contributed by atoms with Crippen LogP contribution in [0.4, 0.5) is 29.5 Å². The predicted molar refractivity (Wildman–Crippen MR) is 120 cm³/mol. The van der Waals surface area contributed by atoms with E-state index in [9.17, 15) is 22.4 Å². The molecule has 36 heavy (non-hydrogen) atoms. The lowest BCUT2D eigenvalue weighted by atomic mass is 10.1. The van der Waals surface area contributed by atoms with E-state index < -0.39 is 24.4 Å². The van der Waals surface area contributed by atoms with E-state index in [0.717, 1.165) is 0 Å². The lowest BCUT2D eigenvalue weighted by Gasteiger charge is -2.39. The number of fused-ring (bicyclic) bond motifs is 1. The van der Waals surface area contributed by atoms with Crippen LogP contribution in [0.1, 0.15) is 19.8 Å². The highest BCUT2D eigenvalue weighted by molar-refractivity contribution is 5.85. The third-order valence-corrected chi connectivity index (χ3v) is 6.51. The van der Waals surface area contributed by atoms with Crippen LogP contribution in [0.2, 0.25) is 0 Å². The van der Waals surface area contributed by atoms with Crippen LogP contribution >= 0.6 is 0 Å². The summed E-state index contributed by atoms with van der Waals surface area (Å²) in [5.74, 6) is -7.25. The van der Waals surface area contributed by atoms with Gasteiger partial charge in [-0.1, -0.05) is 0 Å². The zero-order chi connectivity index (χ0) is 25.7. The normalized spacial score (nSPS) is 20.0. The Balaban J connectivity index is 1.28. The summed E-state index contributed by atoms with van der Waals surface area (Å²) < 4.78 is 60.5. The van der Waals surface area contributed by atoms with Crippen molar-refractivity contribution in [2.24, 2.45) is 0 Å². The number of carbonyl (C=O) groups is 1. The van der Waals surface area contributed by atoms with Crippen LogP contribution in [0, 0.1) is 0 Å². The number of amides is 1. The number of furan rings is 1. The van der Waals surface area contributed by atoms with E-state index in [1.54, 1.807) is 21.9 Å². The quantitative estimate of drug-likeness (QED) is 0.494.